The summed E-state index contributed by atoms with van der Waals surface area (Å²) in [7, 11) is 0. The van der Waals surface area contributed by atoms with Gasteiger partial charge in [-0.1, -0.05) is 24.3 Å². The zero-order chi connectivity index (χ0) is 25.9. The molecule has 0 spiro atoms. The second kappa shape index (κ2) is 10.1. The third kappa shape index (κ3) is 4.79. The van der Waals surface area contributed by atoms with E-state index in [1.807, 2.05) is 60.7 Å². The number of aromatic hydroxyl groups is 2. The van der Waals surface area contributed by atoms with Crippen LogP contribution in [0.5, 0.6) is 23.0 Å². The van der Waals surface area contributed by atoms with Crippen LogP contribution in [0.4, 0.5) is 34.1 Å². The molecule has 2 heterocycles. The maximum atomic E-state index is 10.5. The lowest BCUT2D eigenvalue weighted by atomic mass is 10.2. The highest BCUT2D eigenvalue weighted by atomic mass is 16.5. The highest BCUT2D eigenvalue weighted by molar-refractivity contribution is 5.81. The van der Waals surface area contributed by atoms with E-state index in [0.717, 1.165) is 35.6 Å². The first-order chi connectivity index (χ1) is 18.6. The number of unbranched alkanes of at least 4 members (excludes halogenated alkanes) is 1. The van der Waals surface area contributed by atoms with Crippen LogP contribution in [0.1, 0.15) is 12.8 Å². The van der Waals surface area contributed by atoms with Gasteiger partial charge in [-0.05, 0) is 61.4 Å². The minimum Gasteiger partial charge on any atom is -0.505 e. The number of phenols is 2. The van der Waals surface area contributed by atoms with E-state index in [1.54, 1.807) is 34.5 Å². The fourth-order valence-corrected chi connectivity index (χ4v) is 4.28. The van der Waals surface area contributed by atoms with Crippen molar-refractivity contribution in [3.63, 3.8) is 0 Å². The molecular weight excluding hydrogens is 484 g/mol. The molecule has 0 amide bonds. The lowest BCUT2D eigenvalue weighted by Gasteiger charge is -2.20. The number of phenolic OH excluding ortho intramolecular Hbond substituents is 2. The Morgan fingerprint density at radius 1 is 0.526 bits per heavy atom. The molecule has 0 aliphatic carbocycles. The van der Waals surface area contributed by atoms with Crippen molar-refractivity contribution in [3.05, 3.63) is 84.9 Å². The molecule has 4 aromatic carbocycles. The van der Waals surface area contributed by atoms with Gasteiger partial charge in [0.1, 0.15) is 34.4 Å². The second-order valence-electron chi connectivity index (χ2n) is 8.91. The van der Waals surface area contributed by atoms with E-state index in [0.29, 0.717) is 36.1 Å². The quantitative estimate of drug-likeness (QED) is 0.157. The molecule has 0 unspecified atom stereocenters. The summed E-state index contributed by atoms with van der Waals surface area (Å²) >= 11 is 0. The summed E-state index contributed by atoms with van der Waals surface area (Å²) in [6.07, 6.45) is 1.55. The van der Waals surface area contributed by atoms with Gasteiger partial charge in [-0.3, -0.25) is 21.7 Å². The van der Waals surface area contributed by atoms with Crippen molar-refractivity contribution >= 4 is 34.1 Å². The Morgan fingerprint density at radius 3 is 1.24 bits per heavy atom. The number of nitrogens with zero attached hydrogens (tertiary/aromatic N) is 2. The van der Waals surface area contributed by atoms with Crippen LogP contribution in [0.3, 0.4) is 0 Å². The molecule has 2 aliphatic heterocycles. The summed E-state index contributed by atoms with van der Waals surface area (Å²) in [5.41, 5.74) is 17.7. The summed E-state index contributed by atoms with van der Waals surface area (Å²) in [4.78, 5) is 0. The molecule has 10 heteroatoms. The van der Waals surface area contributed by atoms with Gasteiger partial charge in [0.2, 0.25) is 0 Å². The predicted molar refractivity (Wildman–Crippen MR) is 149 cm³/mol. The fraction of sp³-hybridized carbons (Fsp3) is 0.143. The van der Waals surface area contributed by atoms with Gasteiger partial charge in [-0.15, -0.1) is 0 Å². The Hall–Kier alpha value is -5.12. The van der Waals surface area contributed by atoms with Gasteiger partial charge >= 0.3 is 0 Å². The van der Waals surface area contributed by atoms with Crippen molar-refractivity contribution in [2.45, 2.75) is 12.8 Å². The maximum Gasteiger partial charge on any atom is 0.146 e. The lowest BCUT2D eigenvalue weighted by molar-refractivity contribution is 0.265. The number of fused-ring (bicyclic) bond motifs is 2. The van der Waals surface area contributed by atoms with Crippen molar-refractivity contribution in [1.82, 2.24) is 0 Å². The standard InChI is InChI=1S/C28H28N6O4/c35-27-17-19(11-13-25(27)33-29-21-7-1-2-8-22(21)30-33)37-15-5-6-16-38-20-12-14-26(28(36)18-20)34-31-23-9-3-4-10-24(23)32-34/h1-4,7-14,17-18,29-32,35-36H,5-6,15-16H2. The van der Waals surface area contributed by atoms with E-state index >= 15 is 0 Å². The van der Waals surface area contributed by atoms with Gasteiger partial charge in [-0.25, -0.2) is 0 Å². The summed E-state index contributed by atoms with van der Waals surface area (Å²) in [5, 5.41) is 24.3. The van der Waals surface area contributed by atoms with Crippen molar-refractivity contribution in [2.24, 2.45) is 0 Å². The van der Waals surface area contributed by atoms with E-state index in [2.05, 4.69) is 21.7 Å². The van der Waals surface area contributed by atoms with E-state index in [9.17, 15) is 10.2 Å². The van der Waals surface area contributed by atoms with Crippen LogP contribution < -0.4 is 41.4 Å². The van der Waals surface area contributed by atoms with Crippen molar-refractivity contribution in [3.8, 4) is 23.0 Å². The predicted octanol–water partition coefficient (Wildman–Crippen LogP) is 5.68. The second-order valence-corrected chi connectivity index (χ2v) is 8.91. The summed E-state index contributed by atoms with van der Waals surface area (Å²) in [6, 6.07) is 26.1. The molecule has 194 valence electrons. The van der Waals surface area contributed by atoms with Crippen LogP contribution in [0, 0.1) is 0 Å². The highest BCUT2D eigenvalue weighted by Crippen LogP contribution is 2.38. The number of hydrogen-bond donors (Lipinski definition) is 6. The van der Waals surface area contributed by atoms with Crippen LogP contribution in [0.15, 0.2) is 84.9 Å². The van der Waals surface area contributed by atoms with Crippen LogP contribution in [-0.4, -0.2) is 23.4 Å². The third-order valence-corrected chi connectivity index (χ3v) is 6.23. The molecule has 6 N–H and O–H groups in total. The Balaban J connectivity index is 0.933. The van der Waals surface area contributed by atoms with Gasteiger partial charge < -0.3 is 19.7 Å². The van der Waals surface area contributed by atoms with Gasteiger partial charge in [0, 0.05) is 12.1 Å². The van der Waals surface area contributed by atoms with E-state index in [1.165, 1.54) is 0 Å². The molecule has 0 fully saturated rings. The molecule has 0 radical (unpaired) electrons. The summed E-state index contributed by atoms with van der Waals surface area (Å²) < 4.78 is 11.6. The van der Waals surface area contributed by atoms with E-state index in [4.69, 9.17) is 9.47 Å². The molecule has 4 aromatic rings. The zero-order valence-electron chi connectivity index (χ0n) is 20.5. The number of rotatable bonds is 9. The Kier molecular flexibility index (Phi) is 6.19. The van der Waals surface area contributed by atoms with E-state index < -0.39 is 0 Å². The molecule has 2 aliphatic rings. The molecular formula is C28H28N6O4. The molecule has 0 atom stereocenters. The largest absolute Gasteiger partial charge is 0.505 e. The lowest BCUT2D eigenvalue weighted by Crippen LogP contribution is -2.29. The first-order valence-corrected chi connectivity index (χ1v) is 12.4. The monoisotopic (exact) mass is 512 g/mol. The van der Waals surface area contributed by atoms with Gasteiger partial charge in [0.05, 0.1) is 36.0 Å². The van der Waals surface area contributed by atoms with Crippen LogP contribution in [0.25, 0.3) is 0 Å². The minimum absolute atomic E-state index is 0.102. The average Bonchev–Trinajstić information content (AvgIpc) is 3.55. The SMILES string of the molecule is Oc1cc(OCCCCOc2ccc(N3Nc4ccccc4N3)c(O)c2)ccc1N1Nc2ccccc2N1. The molecule has 38 heavy (non-hydrogen) atoms. The molecule has 0 bridgehead atoms. The van der Waals surface area contributed by atoms with Crippen molar-refractivity contribution in [2.75, 3.05) is 45.2 Å². The fourth-order valence-electron chi connectivity index (χ4n) is 4.28. The topological polar surface area (TPSA) is 114 Å². The molecule has 0 aromatic heterocycles. The van der Waals surface area contributed by atoms with Crippen LogP contribution >= 0.6 is 0 Å². The number of benzene rings is 4. The van der Waals surface area contributed by atoms with Gasteiger partial charge in [0.15, 0.2) is 0 Å². The number of anilines is 6. The molecule has 0 saturated carbocycles. The highest BCUT2D eigenvalue weighted by Gasteiger charge is 2.21. The summed E-state index contributed by atoms with van der Waals surface area (Å²) in [5.74, 6) is 1.39. The van der Waals surface area contributed by atoms with Gasteiger partial charge in [0.25, 0.3) is 0 Å². The Morgan fingerprint density at radius 2 is 0.895 bits per heavy atom. The first-order valence-electron chi connectivity index (χ1n) is 12.4. The summed E-state index contributed by atoms with van der Waals surface area (Å²) in [6.45, 7) is 0.982. The number of hydrazine groups is 4. The number of para-hydroxylation sites is 4. The normalized spacial score (nSPS) is 13.1. The molecule has 10 nitrogen and oxygen atoms in total. The average molecular weight is 513 g/mol. The minimum atomic E-state index is 0.102. The molecule has 0 saturated heterocycles. The van der Waals surface area contributed by atoms with Crippen molar-refractivity contribution in [1.29, 1.82) is 0 Å². The molecule has 6 rings (SSSR count). The Bertz CT molecular complexity index is 1290. The van der Waals surface area contributed by atoms with Crippen LogP contribution in [-0.2, 0) is 0 Å². The van der Waals surface area contributed by atoms with Crippen LogP contribution in [0.2, 0.25) is 0 Å². The Labute approximate surface area is 219 Å². The maximum absolute atomic E-state index is 10.5. The van der Waals surface area contributed by atoms with Crippen molar-refractivity contribution < 1.29 is 19.7 Å². The number of hydrogen-bond acceptors (Lipinski definition) is 10. The third-order valence-electron chi connectivity index (χ3n) is 6.23. The number of nitrogens with one attached hydrogen (secondary N) is 4. The zero-order valence-corrected chi connectivity index (χ0v) is 20.5. The number of ether oxygens (including phenoxy) is 2. The smallest absolute Gasteiger partial charge is 0.146 e. The van der Waals surface area contributed by atoms with Gasteiger partial charge in [-0.2, -0.15) is 10.2 Å². The first kappa shape index (κ1) is 23.3. The van der Waals surface area contributed by atoms with E-state index in [-0.39, 0.29) is 11.5 Å².